The Morgan fingerprint density at radius 3 is 2.95 bits per heavy atom. The average molecular weight is 336 g/mol. The van der Waals surface area contributed by atoms with Gasteiger partial charge in [-0.25, -0.2) is 0 Å². The fraction of sp³-hybridized carbons (Fsp3) is 0.286. The molecule has 0 saturated carbocycles. The van der Waals surface area contributed by atoms with Crippen LogP contribution in [0, 0.1) is 11.3 Å². The Labute approximate surface area is 137 Å². The van der Waals surface area contributed by atoms with Crippen LogP contribution in [0.2, 0.25) is 5.02 Å². The number of carbonyl (C=O) groups is 1. The SMILES string of the molecule is Cn1c(SCC(=O)NCCC#N)nnc1-c1ccccc1Cl. The van der Waals surface area contributed by atoms with Gasteiger partial charge in [0.1, 0.15) is 0 Å². The molecule has 0 aliphatic rings. The number of amides is 1. The Morgan fingerprint density at radius 1 is 1.45 bits per heavy atom. The van der Waals surface area contributed by atoms with Crippen molar-refractivity contribution in [3.63, 3.8) is 0 Å². The monoisotopic (exact) mass is 335 g/mol. The van der Waals surface area contributed by atoms with Gasteiger partial charge in [0.15, 0.2) is 11.0 Å². The summed E-state index contributed by atoms with van der Waals surface area (Å²) in [5.41, 5.74) is 0.796. The molecule has 1 N–H and O–H groups in total. The van der Waals surface area contributed by atoms with E-state index < -0.39 is 0 Å². The number of hydrogen-bond acceptors (Lipinski definition) is 5. The van der Waals surface area contributed by atoms with Gasteiger partial charge in [0.05, 0.1) is 23.3 Å². The van der Waals surface area contributed by atoms with Crippen molar-refractivity contribution in [2.75, 3.05) is 12.3 Å². The Bertz CT molecular complexity index is 709. The minimum Gasteiger partial charge on any atom is -0.354 e. The Hall–Kier alpha value is -2.04. The quantitative estimate of drug-likeness (QED) is 0.646. The molecule has 2 aromatic rings. The number of nitrogens with one attached hydrogen (secondary N) is 1. The van der Waals surface area contributed by atoms with Gasteiger partial charge in [0.25, 0.3) is 0 Å². The molecule has 1 aromatic carbocycles. The number of benzene rings is 1. The molecule has 6 nitrogen and oxygen atoms in total. The standard InChI is InChI=1S/C14H14ClN5OS/c1-20-13(10-5-2-3-6-11(10)15)18-19-14(20)22-9-12(21)17-8-4-7-16/h2-3,5-6H,4,8-9H2,1H3,(H,17,21). The summed E-state index contributed by atoms with van der Waals surface area (Å²) in [5.74, 6) is 0.737. The molecule has 1 heterocycles. The van der Waals surface area contributed by atoms with Crippen LogP contribution >= 0.6 is 23.4 Å². The van der Waals surface area contributed by atoms with E-state index in [1.807, 2.05) is 31.3 Å². The summed E-state index contributed by atoms with van der Waals surface area (Å²) in [4.78, 5) is 11.6. The van der Waals surface area contributed by atoms with Gasteiger partial charge in [0.2, 0.25) is 5.91 Å². The molecule has 0 bridgehead atoms. The van der Waals surface area contributed by atoms with Gasteiger partial charge in [-0.3, -0.25) is 4.79 Å². The minimum atomic E-state index is -0.137. The van der Waals surface area contributed by atoms with E-state index in [-0.39, 0.29) is 11.7 Å². The first-order valence-corrected chi connectivity index (χ1v) is 7.90. The van der Waals surface area contributed by atoms with E-state index >= 15 is 0 Å². The van der Waals surface area contributed by atoms with Crippen molar-refractivity contribution in [2.24, 2.45) is 7.05 Å². The van der Waals surface area contributed by atoms with Gasteiger partial charge in [-0.05, 0) is 12.1 Å². The number of hydrogen-bond donors (Lipinski definition) is 1. The maximum Gasteiger partial charge on any atom is 0.230 e. The summed E-state index contributed by atoms with van der Waals surface area (Å²) in [6.45, 7) is 0.361. The van der Waals surface area contributed by atoms with Crippen LogP contribution in [0.15, 0.2) is 29.4 Å². The lowest BCUT2D eigenvalue weighted by Gasteiger charge is -2.05. The Balaban J connectivity index is 2.02. The van der Waals surface area contributed by atoms with Crippen molar-refractivity contribution < 1.29 is 4.79 Å². The zero-order valence-corrected chi connectivity index (χ0v) is 13.5. The highest BCUT2D eigenvalue weighted by Crippen LogP contribution is 2.28. The van der Waals surface area contributed by atoms with E-state index in [9.17, 15) is 4.79 Å². The molecule has 0 saturated heterocycles. The first-order valence-electron chi connectivity index (χ1n) is 6.54. The predicted molar refractivity (Wildman–Crippen MR) is 85.4 cm³/mol. The summed E-state index contributed by atoms with van der Waals surface area (Å²) in [6.07, 6.45) is 0.303. The molecule has 0 radical (unpaired) electrons. The Kier molecular flexibility index (Phi) is 5.81. The van der Waals surface area contributed by atoms with Crippen molar-refractivity contribution in [2.45, 2.75) is 11.6 Å². The molecule has 8 heteroatoms. The molecule has 0 fully saturated rings. The maximum atomic E-state index is 11.6. The fourth-order valence-corrected chi connectivity index (χ4v) is 2.72. The normalized spacial score (nSPS) is 10.2. The second-order valence-electron chi connectivity index (χ2n) is 4.39. The summed E-state index contributed by atoms with van der Waals surface area (Å²) >= 11 is 7.45. The molecule has 22 heavy (non-hydrogen) atoms. The second-order valence-corrected chi connectivity index (χ2v) is 5.74. The van der Waals surface area contributed by atoms with Crippen molar-refractivity contribution in [1.29, 1.82) is 5.26 Å². The van der Waals surface area contributed by atoms with E-state index in [2.05, 4.69) is 15.5 Å². The summed E-state index contributed by atoms with van der Waals surface area (Å²) in [5, 5.41) is 20.5. The fourth-order valence-electron chi connectivity index (χ4n) is 1.76. The lowest BCUT2D eigenvalue weighted by atomic mass is 10.2. The van der Waals surface area contributed by atoms with Gasteiger partial charge < -0.3 is 9.88 Å². The van der Waals surface area contributed by atoms with Gasteiger partial charge in [0, 0.05) is 19.2 Å². The third-order valence-electron chi connectivity index (χ3n) is 2.84. The molecule has 0 atom stereocenters. The van der Waals surface area contributed by atoms with Crippen molar-refractivity contribution in [1.82, 2.24) is 20.1 Å². The van der Waals surface area contributed by atoms with Crippen molar-refractivity contribution in [3.8, 4) is 17.5 Å². The number of carbonyl (C=O) groups excluding carboxylic acids is 1. The zero-order valence-electron chi connectivity index (χ0n) is 11.9. The molecule has 1 aromatic heterocycles. The Morgan fingerprint density at radius 2 is 2.23 bits per heavy atom. The van der Waals surface area contributed by atoms with E-state index in [0.717, 1.165) is 5.56 Å². The lowest BCUT2D eigenvalue weighted by molar-refractivity contribution is -0.118. The number of aromatic nitrogens is 3. The van der Waals surface area contributed by atoms with Crippen molar-refractivity contribution in [3.05, 3.63) is 29.3 Å². The van der Waals surface area contributed by atoms with Crippen LogP contribution in [0.3, 0.4) is 0 Å². The highest BCUT2D eigenvalue weighted by molar-refractivity contribution is 7.99. The number of halogens is 1. The van der Waals surface area contributed by atoms with Gasteiger partial charge in [-0.2, -0.15) is 5.26 Å². The average Bonchev–Trinajstić information content (AvgIpc) is 2.87. The minimum absolute atomic E-state index is 0.137. The summed E-state index contributed by atoms with van der Waals surface area (Å²) in [7, 11) is 1.83. The van der Waals surface area contributed by atoms with Crippen LogP contribution in [0.5, 0.6) is 0 Å². The molecule has 114 valence electrons. The van der Waals surface area contributed by atoms with Gasteiger partial charge in [-0.15, -0.1) is 10.2 Å². The topological polar surface area (TPSA) is 83.6 Å². The molecule has 2 rings (SSSR count). The molecular formula is C14H14ClN5OS. The number of rotatable bonds is 6. The highest BCUT2D eigenvalue weighted by Gasteiger charge is 2.14. The lowest BCUT2D eigenvalue weighted by Crippen LogP contribution is -2.26. The van der Waals surface area contributed by atoms with Crippen LogP contribution in [-0.2, 0) is 11.8 Å². The first kappa shape index (κ1) is 16.3. The highest BCUT2D eigenvalue weighted by atomic mass is 35.5. The molecule has 0 aliphatic heterocycles. The second kappa shape index (κ2) is 7.82. The zero-order chi connectivity index (χ0) is 15.9. The molecule has 0 aliphatic carbocycles. The third-order valence-corrected chi connectivity index (χ3v) is 4.19. The van der Waals surface area contributed by atoms with E-state index in [1.165, 1.54) is 11.8 Å². The van der Waals surface area contributed by atoms with Crippen LogP contribution in [0.4, 0.5) is 0 Å². The number of nitrogens with zero attached hydrogens (tertiary/aromatic N) is 4. The largest absolute Gasteiger partial charge is 0.354 e. The van der Waals surface area contributed by atoms with E-state index in [0.29, 0.717) is 29.0 Å². The predicted octanol–water partition coefficient (Wildman–Crippen LogP) is 2.26. The van der Waals surface area contributed by atoms with Crippen LogP contribution in [0.25, 0.3) is 11.4 Å². The molecule has 0 unspecified atom stereocenters. The summed E-state index contributed by atoms with van der Waals surface area (Å²) < 4.78 is 1.80. The van der Waals surface area contributed by atoms with Crippen molar-refractivity contribution >= 4 is 29.3 Å². The van der Waals surface area contributed by atoms with Crippen LogP contribution in [0.1, 0.15) is 6.42 Å². The molecule has 0 spiro atoms. The number of nitriles is 1. The van der Waals surface area contributed by atoms with Gasteiger partial charge >= 0.3 is 0 Å². The third kappa shape index (κ3) is 4.00. The number of thioether (sulfide) groups is 1. The van der Waals surface area contributed by atoms with E-state index in [4.69, 9.17) is 16.9 Å². The van der Waals surface area contributed by atoms with E-state index in [1.54, 1.807) is 10.6 Å². The molecule has 1 amide bonds. The molecular weight excluding hydrogens is 322 g/mol. The summed E-state index contributed by atoms with van der Waals surface area (Å²) in [6, 6.07) is 9.37. The smallest absolute Gasteiger partial charge is 0.230 e. The van der Waals surface area contributed by atoms with Crippen LogP contribution < -0.4 is 5.32 Å². The van der Waals surface area contributed by atoms with Crippen LogP contribution in [-0.4, -0.2) is 33.0 Å². The maximum absolute atomic E-state index is 11.6. The first-order chi connectivity index (χ1) is 10.6. The van der Waals surface area contributed by atoms with Gasteiger partial charge in [-0.1, -0.05) is 35.5 Å².